The molecule has 0 spiro atoms. The average molecular weight is 557 g/mol. The predicted octanol–water partition coefficient (Wildman–Crippen LogP) is 1.73. The Hall–Kier alpha value is -4.49. The zero-order valence-corrected chi connectivity index (χ0v) is 21.1. The van der Waals surface area contributed by atoms with Gasteiger partial charge in [0, 0.05) is 6.07 Å². The summed E-state index contributed by atoms with van der Waals surface area (Å²) in [6, 6.07) is 13.3. The molecule has 0 amide bonds. The van der Waals surface area contributed by atoms with Crippen molar-refractivity contribution in [3.63, 3.8) is 0 Å². The zero-order valence-electron chi connectivity index (χ0n) is 21.1. The molecular weight excluding hydrogens is 528 g/mol. The first-order valence-electron chi connectivity index (χ1n) is 12.0. The van der Waals surface area contributed by atoms with Crippen molar-refractivity contribution in [2.45, 2.75) is 30.7 Å². The van der Waals surface area contributed by atoms with Crippen molar-refractivity contribution in [3.05, 3.63) is 71.3 Å². The lowest BCUT2D eigenvalue weighted by Gasteiger charge is -2.39. The van der Waals surface area contributed by atoms with E-state index < -0.39 is 60.5 Å². The second-order valence-electron chi connectivity index (χ2n) is 8.96. The van der Waals surface area contributed by atoms with Crippen molar-refractivity contribution in [3.8, 4) is 34.5 Å². The molecule has 0 aromatic heterocycles. The number of esters is 1. The van der Waals surface area contributed by atoms with Crippen LogP contribution in [0.5, 0.6) is 34.5 Å². The molecule has 3 aromatic rings. The number of hydrogen-bond donors (Lipinski definition) is 7. The summed E-state index contributed by atoms with van der Waals surface area (Å²) < 4.78 is 21.4. The van der Waals surface area contributed by atoms with Gasteiger partial charge in [0.2, 0.25) is 6.29 Å². The molecule has 4 rings (SSSR count). The van der Waals surface area contributed by atoms with Crippen LogP contribution in [0, 0.1) is 0 Å². The number of benzene rings is 3. The molecular formula is C28H28O12. The first-order valence-corrected chi connectivity index (χ1v) is 12.0. The average Bonchev–Trinajstić information content (AvgIpc) is 2.94. The van der Waals surface area contributed by atoms with Gasteiger partial charge in [-0.15, -0.1) is 0 Å². The van der Waals surface area contributed by atoms with E-state index >= 15 is 0 Å². The maximum Gasteiger partial charge on any atom is 0.338 e. The highest BCUT2D eigenvalue weighted by atomic mass is 16.7. The lowest BCUT2D eigenvalue weighted by molar-refractivity contribution is -0.277. The van der Waals surface area contributed by atoms with Crippen LogP contribution in [0.25, 0.3) is 12.2 Å². The number of carbonyl (C=O) groups is 1. The van der Waals surface area contributed by atoms with Gasteiger partial charge in [0.15, 0.2) is 17.2 Å². The van der Waals surface area contributed by atoms with Crippen LogP contribution in [0.2, 0.25) is 0 Å². The predicted molar refractivity (Wildman–Crippen MR) is 139 cm³/mol. The fourth-order valence-corrected chi connectivity index (χ4v) is 3.93. The molecule has 0 unspecified atom stereocenters. The molecule has 0 radical (unpaired) electrons. The van der Waals surface area contributed by atoms with E-state index in [1.54, 1.807) is 37.5 Å². The molecule has 7 N–H and O–H groups in total. The Morgan fingerprint density at radius 2 is 1.48 bits per heavy atom. The van der Waals surface area contributed by atoms with E-state index in [2.05, 4.69) is 0 Å². The minimum atomic E-state index is -1.74. The lowest BCUT2D eigenvalue weighted by atomic mass is 9.99. The van der Waals surface area contributed by atoms with Crippen LogP contribution in [0.3, 0.4) is 0 Å². The summed E-state index contributed by atoms with van der Waals surface area (Å²) in [6.45, 7) is -0.609. The van der Waals surface area contributed by atoms with Gasteiger partial charge >= 0.3 is 5.97 Å². The van der Waals surface area contributed by atoms with Crippen LogP contribution >= 0.6 is 0 Å². The maximum atomic E-state index is 12.4. The Morgan fingerprint density at radius 3 is 2.12 bits per heavy atom. The second kappa shape index (κ2) is 12.1. The summed E-state index contributed by atoms with van der Waals surface area (Å²) in [5.74, 6) is -2.73. The molecule has 1 heterocycles. The highest BCUT2D eigenvalue weighted by Crippen LogP contribution is 2.35. The second-order valence-corrected chi connectivity index (χ2v) is 8.96. The van der Waals surface area contributed by atoms with E-state index in [0.29, 0.717) is 11.3 Å². The number of methoxy groups -OCH3 is 1. The number of ether oxygens (including phenoxy) is 4. The van der Waals surface area contributed by atoms with Gasteiger partial charge in [0.05, 0.1) is 12.7 Å². The number of aromatic hydroxyl groups is 4. The van der Waals surface area contributed by atoms with E-state index in [0.717, 1.165) is 17.7 Å². The zero-order chi connectivity index (χ0) is 29.0. The molecule has 1 fully saturated rings. The molecule has 212 valence electrons. The third kappa shape index (κ3) is 6.55. The molecule has 0 saturated carbocycles. The minimum absolute atomic E-state index is 0.0767. The first kappa shape index (κ1) is 28.5. The van der Waals surface area contributed by atoms with Crippen LogP contribution < -0.4 is 9.47 Å². The number of phenolic OH excluding ortho intramolecular Hbond substituents is 4. The van der Waals surface area contributed by atoms with Gasteiger partial charge in [-0.05, 0) is 47.5 Å². The quantitative estimate of drug-likeness (QED) is 0.121. The van der Waals surface area contributed by atoms with Gasteiger partial charge < -0.3 is 54.7 Å². The van der Waals surface area contributed by atoms with Crippen molar-refractivity contribution < 1.29 is 59.5 Å². The Kier molecular flexibility index (Phi) is 8.65. The van der Waals surface area contributed by atoms with Crippen LogP contribution in [-0.2, 0) is 9.47 Å². The summed E-state index contributed by atoms with van der Waals surface area (Å²) in [5, 5.41) is 69.9. The molecule has 1 saturated heterocycles. The number of aliphatic hydroxyl groups excluding tert-OH is 3. The summed E-state index contributed by atoms with van der Waals surface area (Å²) in [4.78, 5) is 12.4. The maximum absolute atomic E-state index is 12.4. The van der Waals surface area contributed by atoms with Gasteiger partial charge in [-0.2, -0.15) is 0 Å². The Bertz CT molecular complexity index is 1350. The van der Waals surface area contributed by atoms with Crippen molar-refractivity contribution in [1.29, 1.82) is 0 Å². The largest absolute Gasteiger partial charge is 0.508 e. The third-order valence-electron chi connectivity index (χ3n) is 6.10. The molecule has 12 nitrogen and oxygen atoms in total. The number of aliphatic hydroxyl groups is 3. The van der Waals surface area contributed by atoms with E-state index in [9.17, 15) is 40.5 Å². The fourth-order valence-electron chi connectivity index (χ4n) is 3.93. The van der Waals surface area contributed by atoms with Crippen molar-refractivity contribution in [1.82, 2.24) is 0 Å². The Balaban J connectivity index is 1.44. The summed E-state index contributed by atoms with van der Waals surface area (Å²) in [5.41, 5.74) is 1.11. The number of carbonyl (C=O) groups excluding carboxylic acids is 1. The molecule has 40 heavy (non-hydrogen) atoms. The fraction of sp³-hybridized carbons (Fsp3) is 0.250. The van der Waals surface area contributed by atoms with Crippen molar-refractivity contribution in [2.24, 2.45) is 0 Å². The summed E-state index contributed by atoms with van der Waals surface area (Å²) in [7, 11) is 1.57. The first-order chi connectivity index (χ1) is 19.0. The molecule has 5 atom stereocenters. The molecule has 1 aliphatic heterocycles. The van der Waals surface area contributed by atoms with Crippen molar-refractivity contribution >= 4 is 18.1 Å². The Morgan fingerprint density at radius 1 is 0.825 bits per heavy atom. The summed E-state index contributed by atoms with van der Waals surface area (Å²) in [6.07, 6.45) is -4.47. The monoisotopic (exact) mass is 556 g/mol. The number of phenols is 4. The van der Waals surface area contributed by atoms with Crippen LogP contribution in [-0.4, -0.2) is 86.1 Å². The molecule has 3 aromatic carbocycles. The van der Waals surface area contributed by atoms with Crippen molar-refractivity contribution in [2.75, 3.05) is 13.7 Å². The standard InChI is InChI=1S/C28H28O12/c1-37-18-6-4-14(5-7-18)2-3-15-8-17(29)12-19(9-15)39-28-26(35)25(34)24(33)22(40-28)13-38-27(36)16-10-20(30)23(32)21(31)11-16/h2-12,22,24-26,28-35H,13H2,1H3/b3-2+/t22-,24-,25+,26-,28-/m1/s1. The van der Waals surface area contributed by atoms with Gasteiger partial charge in [0.1, 0.15) is 48.3 Å². The minimum Gasteiger partial charge on any atom is -0.508 e. The number of rotatable bonds is 8. The highest BCUT2D eigenvalue weighted by molar-refractivity contribution is 5.91. The van der Waals surface area contributed by atoms with Gasteiger partial charge in [-0.25, -0.2) is 4.79 Å². The van der Waals surface area contributed by atoms with Gasteiger partial charge in [-0.1, -0.05) is 24.3 Å². The number of hydrogen-bond acceptors (Lipinski definition) is 12. The highest BCUT2D eigenvalue weighted by Gasteiger charge is 2.45. The molecule has 1 aliphatic rings. The van der Waals surface area contributed by atoms with E-state index in [1.807, 2.05) is 12.1 Å². The van der Waals surface area contributed by atoms with Gasteiger partial charge in [-0.3, -0.25) is 0 Å². The Labute approximate surface area is 228 Å². The topological polar surface area (TPSA) is 196 Å². The third-order valence-corrected chi connectivity index (χ3v) is 6.10. The molecule has 0 bridgehead atoms. The smallest absolute Gasteiger partial charge is 0.338 e. The SMILES string of the molecule is COc1ccc(/C=C/c2cc(O)cc(O[C@@H]3O[C@H](COC(=O)c4cc(O)c(O)c(O)c4)[C@@H](O)[C@H](O)[C@H]3O)c2)cc1. The van der Waals surface area contributed by atoms with Gasteiger partial charge in [0.25, 0.3) is 0 Å². The normalized spacial score (nSPS) is 22.6. The van der Waals surface area contributed by atoms with E-state index in [-0.39, 0.29) is 17.1 Å². The van der Waals surface area contributed by atoms with Crippen LogP contribution in [0.15, 0.2) is 54.6 Å². The van der Waals surface area contributed by atoms with E-state index in [4.69, 9.17) is 18.9 Å². The summed E-state index contributed by atoms with van der Waals surface area (Å²) >= 11 is 0. The van der Waals surface area contributed by atoms with Crippen LogP contribution in [0.1, 0.15) is 21.5 Å². The van der Waals surface area contributed by atoms with Crippen LogP contribution in [0.4, 0.5) is 0 Å². The lowest BCUT2D eigenvalue weighted by Crippen LogP contribution is -2.60. The molecule has 12 heteroatoms. The van der Waals surface area contributed by atoms with E-state index in [1.165, 1.54) is 12.1 Å². The molecule has 0 aliphatic carbocycles.